The summed E-state index contributed by atoms with van der Waals surface area (Å²) in [6.07, 6.45) is 0. The van der Waals surface area contributed by atoms with Crippen LogP contribution in [0.1, 0.15) is 0 Å². The number of thiophene rings is 1. The van der Waals surface area contributed by atoms with E-state index in [1.807, 2.05) is 23.5 Å². The lowest BCUT2D eigenvalue weighted by molar-refractivity contribution is 0.669. The fraction of sp³-hybridized carbons (Fsp3) is 0. The molecule has 0 unspecified atom stereocenters. The van der Waals surface area contributed by atoms with Crippen LogP contribution in [0.4, 0.5) is 34.1 Å². The number of fused-ring (bicyclic) bond motifs is 9. The highest BCUT2D eigenvalue weighted by molar-refractivity contribution is 7.25. The van der Waals surface area contributed by atoms with Gasteiger partial charge in [-0.3, -0.25) is 0 Å². The number of benzene rings is 11. The summed E-state index contributed by atoms with van der Waals surface area (Å²) in [7, 11) is 0. The van der Waals surface area contributed by atoms with Crippen molar-refractivity contribution in [3.05, 3.63) is 261 Å². The van der Waals surface area contributed by atoms with Crippen LogP contribution in [0, 0.1) is 0 Å². The van der Waals surface area contributed by atoms with Gasteiger partial charge in [-0.25, -0.2) is 0 Å². The van der Waals surface area contributed by atoms with Gasteiger partial charge in [0.1, 0.15) is 5.58 Å². The molecule has 0 radical (unpaired) electrons. The Hall–Kier alpha value is -9.16. The van der Waals surface area contributed by atoms with Gasteiger partial charge >= 0.3 is 0 Å². The molecule has 71 heavy (non-hydrogen) atoms. The number of rotatable bonds is 9. The third kappa shape index (κ3) is 6.89. The van der Waals surface area contributed by atoms with Crippen LogP contribution in [0.15, 0.2) is 265 Å². The molecule has 14 aromatic rings. The molecule has 5 heteroatoms. The van der Waals surface area contributed by atoms with Crippen molar-refractivity contribution in [2.45, 2.75) is 0 Å². The number of aromatic nitrogens is 1. The first kappa shape index (κ1) is 40.9. The summed E-state index contributed by atoms with van der Waals surface area (Å²) in [6, 6.07) is 94.1. The average molecular weight is 926 g/mol. The lowest BCUT2D eigenvalue weighted by Crippen LogP contribution is -2.14. The van der Waals surface area contributed by atoms with Gasteiger partial charge in [0.2, 0.25) is 0 Å². The highest BCUT2D eigenvalue weighted by Gasteiger charge is 2.23. The van der Waals surface area contributed by atoms with E-state index in [0.29, 0.717) is 0 Å². The first-order valence-corrected chi connectivity index (χ1v) is 24.9. The van der Waals surface area contributed by atoms with Crippen LogP contribution in [-0.2, 0) is 0 Å². The molecule has 0 spiro atoms. The maximum atomic E-state index is 6.66. The fourth-order valence-electron chi connectivity index (χ4n) is 10.7. The summed E-state index contributed by atoms with van der Waals surface area (Å²) < 4.78 is 11.6. The second-order valence-electron chi connectivity index (χ2n) is 18.1. The zero-order chi connectivity index (χ0) is 46.8. The predicted octanol–water partition coefficient (Wildman–Crippen LogP) is 19.3. The zero-order valence-electron chi connectivity index (χ0n) is 38.5. The Kier molecular flexibility index (Phi) is 9.68. The average Bonchev–Trinajstić information content (AvgIpc) is 4.12. The van der Waals surface area contributed by atoms with E-state index in [1.54, 1.807) is 0 Å². The topological polar surface area (TPSA) is 24.6 Å². The van der Waals surface area contributed by atoms with Gasteiger partial charge in [0.15, 0.2) is 5.58 Å². The molecular formula is C66H43N3OS. The molecule has 0 aliphatic carbocycles. The lowest BCUT2D eigenvalue weighted by Gasteiger charge is -2.30. The first-order valence-electron chi connectivity index (χ1n) is 24.1. The van der Waals surface area contributed by atoms with Crippen LogP contribution in [-0.4, -0.2) is 4.57 Å². The number of para-hydroxylation sites is 7. The van der Waals surface area contributed by atoms with Gasteiger partial charge in [0.25, 0.3) is 0 Å². The third-order valence-electron chi connectivity index (χ3n) is 13.9. The minimum Gasteiger partial charge on any atom is -0.454 e. The molecule has 3 aromatic heterocycles. The summed E-state index contributed by atoms with van der Waals surface area (Å²) >= 11 is 1.86. The van der Waals surface area contributed by atoms with Crippen LogP contribution in [0.25, 0.3) is 91.9 Å². The van der Waals surface area contributed by atoms with Crippen LogP contribution < -0.4 is 9.80 Å². The minimum atomic E-state index is 0.852. The molecule has 334 valence electrons. The fourth-order valence-corrected chi connectivity index (χ4v) is 11.8. The summed E-state index contributed by atoms with van der Waals surface area (Å²) in [5, 5.41) is 7.22. The van der Waals surface area contributed by atoms with Crippen LogP contribution in [0.3, 0.4) is 0 Å². The van der Waals surface area contributed by atoms with E-state index in [1.165, 1.54) is 53.1 Å². The van der Waals surface area contributed by atoms with Crippen molar-refractivity contribution in [3.63, 3.8) is 0 Å². The molecule has 3 heterocycles. The largest absolute Gasteiger partial charge is 0.454 e. The number of furan rings is 1. The highest BCUT2D eigenvalue weighted by atomic mass is 32.1. The van der Waals surface area contributed by atoms with Crippen molar-refractivity contribution in [1.29, 1.82) is 0 Å². The SMILES string of the molecule is c1ccc(N(c2cccc(N(c3ccccc3)c3cccc4c3oc3ccccc34)c2)c2ccccc2-c2ccc3sc4ccc(-c5ccc6c7ccccc7n(-c7ccccc7)c6c5)cc4c3c2)cc1. The van der Waals surface area contributed by atoms with Gasteiger partial charge in [0.05, 0.1) is 22.4 Å². The molecule has 11 aromatic carbocycles. The second kappa shape index (κ2) is 16.8. The molecule has 0 saturated heterocycles. The van der Waals surface area contributed by atoms with E-state index >= 15 is 0 Å². The number of nitrogens with zero attached hydrogens (tertiary/aromatic N) is 3. The van der Waals surface area contributed by atoms with Crippen molar-refractivity contribution in [2.24, 2.45) is 0 Å². The molecule has 14 rings (SSSR count). The van der Waals surface area contributed by atoms with E-state index in [0.717, 1.165) is 72.9 Å². The lowest BCUT2D eigenvalue weighted by atomic mass is 9.98. The van der Waals surface area contributed by atoms with E-state index in [-0.39, 0.29) is 0 Å². The molecular weight excluding hydrogens is 883 g/mol. The van der Waals surface area contributed by atoms with E-state index in [9.17, 15) is 0 Å². The maximum absolute atomic E-state index is 6.66. The van der Waals surface area contributed by atoms with Crippen molar-refractivity contribution in [2.75, 3.05) is 9.80 Å². The Morgan fingerprint density at radius 2 is 0.845 bits per heavy atom. The van der Waals surface area contributed by atoms with Gasteiger partial charge in [-0.15, -0.1) is 11.3 Å². The normalized spacial score (nSPS) is 11.7. The maximum Gasteiger partial charge on any atom is 0.159 e. The smallest absolute Gasteiger partial charge is 0.159 e. The molecule has 0 aliphatic rings. The molecule has 0 fully saturated rings. The van der Waals surface area contributed by atoms with Crippen molar-refractivity contribution in [3.8, 4) is 27.9 Å². The van der Waals surface area contributed by atoms with Crippen molar-refractivity contribution >= 4 is 109 Å². The quantitative estimate of drug-likeness (QED) is 0.144. The van der Waals surface area contributed by atoms with Crippen molar-refractivity contribution in [1.82, 2.24) is 4.57 Å². The molecule has 0 amide bonds. The zero-order valence-corrected chi connectivity index (χ0v) is 39.3. The van der Waals surface area contributed by atoms with Crippen LogP contribution in [0.2, 0.25) is 0 Å². The predicted molar refractivity (Wildman–Crippen MR) is 301 cm³/mol. The summed E-state index contributed by atoms with van der Waals surface area (Å²) in [5.41, 5.74) is 16.2. The van der Waals surface area contributed by atoms with Crippen molar-refractivity contribution < 1.29 is 4.42 Å². The van der Waals surface area contributed by atoms with Gasteiger partial charge in [-0.05, 0) is 126 Å². The van der Waals surface area contributed by atoms with Gasteiger partial charge in [0, 0.05) is 75.7 Å². The van der Waals surface area contributed by atoms with E-state index < -0.39 is 0 Å². The first-order chi connectivity index (χ1) is 35.2. The Morgan fingerprint density at radius 3 is 1.61 bits per heavy atom. The third-order valence-corrected chi connectivity index (χ3v) is 15.1. The molecule has 4 nitrogen and oxygen atoms in total. The number of anilines is 6. The van der Waals surface area contributed by atoms with Gasteiger partial charge in [-0.1, -0.05) is 152 Å². The summed E-state index contributed by atoms with van der Waals surface area (Å²) in [4.78, 5) is 4.71. The molecule has 0 atom stereocenters. The Bertz CT molecular complexity index is 4300. The monoisotopic (exact) mass is 925 g/mol. The van der Waals surface area contributed by atoms with Crippen LogP contribution in [0.5, 0.6) is 0 Å². The highest BCUT2D eigenvalue weighted by Crippen LogP contribution is 2.47. The Morgan fingerprint density at radius 1 is 0.324 bits per heavy atom. The molecule has 0 N–H and O–H groups in total. The molecule has 0 bridgehead atoms. The van der Waals surface area contributed by atoms with E-state index in [2.05, 4.69) is 263 Å². The second-order valence-corrected chi connectivity index (χ2v) is 19.2. The van der Waals surface area contributed by atoms with Crippen LogP contribution >= 0.6 is 11.3 Å². The Labute approximate surface area is 414 Å². The van der Waals surface area contributed by atoms with Gasteiger partial charge < -0.3 is 18.8 Å². The van der Waals surface area contributed by atoms with Gasteiger partial charge in [-0.2, -0.15) is 0 Å². The number of hydrogen-bond donors (Lipinski definition) is 0. The Balaban J connectivity index is 0.893. The summed E-state index contributed by atoms with van der Waals surface area (Å²) in [6.45, 7) is 0. The summed E-state index contributed by atoms with van der Waals surface area (Å²) in [5.74, 6) is 0. The standard InChI is InChI=1S/C66H43N3OS/c1-4-18-47(19-5-1)67(50-24-16-25-51(43-50)68(48-20-6-2-7-21-48)61-32-17-29-56-55-28-12-15-33-63(55)70-66(56)61)59-30-13-10-26-52(59)46-36-39-65-58(41-46)57-40-44(35-38-64(57)71-65)45-34-37-54-53-27-11-14-31-60(53)69(62(54)42-45)49-22-8-3-9-23-49/h1-43H. The minimum absolute atomic E-state index is 0.852. The molecule has 0 aliphatic heterocycles. The number of hydrogen-bond acceptors (Lipinski definition) is 4. The molecule has 0 saturated carbocycles. The van der Waals surface area contributed by atoms with E-state index in [4.69, 9.17) is 4.42 Å².